The fraction of sp³-hybridized carbons (Fsp3) is 0.667. The fourth-order valence-corrected chi connectivity index (χ4v) is 0.0998. The molecule has 0 aromatic rings. The van der Waals surface area contributed by atoms with E-state index in [2.05, 4.69) is 21.9 Å². The zero-order chi connectivity index (χ0) is 4.83. The minimum Gasteiger partial charge on any atom is -0.486 e. The van der Waals surface area contributed by atoms with E-state index in [9.17, 15) is 0 Å². The van der Waals surface area contributed by atoms with Crippen molar-refractivity contribution < 1.29 is 63.2 Å². The monoisotopic (exact) mass is 636 g/mol. The van der Waals surface area contributed by atoms with E-state index in [1.807, 2.05) is 0 Å². The van der Waals surface area contributed by atoms with Crippen LogP contribution in [-0.2, 0) is 63.2 Å². The van der Waals surface area contributed by atoms with Crippen molar-refractivity contribution in [3.8, 4) is 0 Å². The maximum Gasteiger partial charge on any atom is 0.115 e. The summed E-state index contributed by atoms with van der Waals surface area (Å²) in [4.78, 5) is 3.16. The van der Waals surface area contributed by atoms with Gasteiger partial charge in [0.25, 0.3) is 0 Å². The van der Waals surface area contributed by atoms with E-state index in [-0.39, 0.29) is 69.9 Å². The molecule has 0 saturated carbocycles. The van der Waals surface area contributed by atoms with E-state index in [4.69, 9.17) is 0 Å². The number of nitrogens with zero attached hydrogens (tertiary/aromatic N) is 3. The Labute approximate surface area is 98.0 Å². The van der Waals surface area contributed by atoms with Crippen molar-refractivity contribution in [1.82, 2.24) is 0 Å². The van der Waals surface area contributed by atoms with Crippen molar-refractivity contribution in [2.75, 3.05) is 13.7 Å². The largest absolute Gasteiger partial charge is 0.486 e. The van der Waals surface area contributed by atoms with Crippen LogP contribution < -0.4 is 0 Å². The van der Waals surface area contributed by atoms with E-state index in [0.29, 0.717) is 0 Å². The van der Waals surface area contributed by atoms with Gasteiger partial charge in [-0.25, -0.2) is 0 Å². The summed E-state index contributed by atoms with van der Waals surface area (Å²) >= 11 is 0. The number of hydrogen-bond acceptors (Lipinski definition) is 3. The first kappa shape index (κ1) is 22.4. The topological polar surface area (TPSA) is 37.1 Å². The van der Waals surface area contributed by atoms with E-state index in [1.54, 1.807) is 7.05 Å². The smallest absolute Gasteiger partial charge is 0.115 e. The van der Waals surface area contributed by atoms with E-state index < -0.39 is 0 Å². The molecule has 52 valence electrons. The standard InChI is InChI=1S/C3H6N3.3W/c1-4-3-6-5-2;;;/h1H,3H2,2H3;;;/q-1;;;. The van der Waals surface area contributed by atoms with Gasteiger partial charge in [0, 0.05) is 70.2 Å². The first-order chi connectivity index (χ1) is 2.91. The fourth-order valence-electron chi connectivity index (χ4n) is 0.0998. The summed E-state index contributed by atoms with van der Waals surface area (Å²) in [6.45, 7) is 4.96. The van der Waals surface area contributed by atoms with Crippen LogP contribution >= 0.6 is 0 Å². The van der Waals surface area contributed by atoms with Crippen LogP contribution in [0.3, 0.4) is 0 Å². The summed E-state index contributed by atoms with van der Waals surface area (Å²) in [5, 5.41) is 6.80. The maximum absolute atomic E-state index is 4.69. The maximum atomic E-state index is 4.69. The Morgan fingerprint density at radius 2 is 1.67 bits per heavy atom. The first-order valence-electron chi connectivity index (χ1n) is 1.54. The van der Waals surface area contributed by atoms with Crippen molar-refractivity contribution in [3.05, 3.63) is 0 Å². The van der Waals surface area contributed by atoms with Crippen LogP contribution in [0.25, 0.3) is 0 Å². The van der Waals surface area contributed by atoms with Crippen LogP contribution in [0.4, 0.5) is 0 Å². The van der Waals surface area contributed by atoms with Crippen molar-refractivity contribution in [1.29, 1.82) is 0 Å². The predicted molar refractivity (Wildman–Crippen MR) is 24.1 cm³/mol. The third-order valence-electron chi connectivity index (χ3n) is 0.286. The van der Waals surface area contributed by atoms with Crippen LogP contribution in [0.1, 0.15) is 0 Å². The molecule has 0 radical (unpaired) electrons. The minimum atomic E-state index is 0. The van der Waals surface area contributed by atoms with E-state index in [0.717, 1.165) is 0 Å². The van der Waals surface area contributed by atoms with Gasteiger partial charge < -0.3 is 11.7 Å². The Balaban J connectivity index is -0.0000000417. The van der Waals surface area contributed by atoms with Crippen molar-refractivity contribution >= 4 is 6.72 Å². The molecule has 0 rings (SSSR count). The second-order valence-corrected chi connectivity index (χ2v) is 0.665. The average molecular weight is 636 g/mol. The Kier molecular flexibility index (Phi) is 56.8. The van der Waals surface area contributed by atoms with Crippen LogP contribution in [0.2, 0.25) is 0 Å². The SMILES string of the molecule is [CH-]=NCN=NC.[W].[W].[W]. The molecule has 9 heavy (non-hydrogen) atoms. The Hall–Kier alpha value is 1.33. The number of rotatable bonds is 2. The molecule has 6 heteroatoms. The van der Waals surface area contributed by atoms with Crippen molar-refractivity contribution in [2.24, 2.45) is 15.2 Å². The number of hydrogen-bond donors (Lipinski definition) is 0. The Morgan fingerprint density at radius 3 is 1.78 bits per heavy atom. The molecule has 0 saturated heterocycles. The molecule has 0 heterocycles. The van der Waals surface area contributed by atoms with Gasteiger partial charge in [-0.3, -0.25) is 0 Å². The van der Waals surface area contributed by atoms with E-state index in [1.165, 1.54) is 0 Å². The number of aliphatic imine (C=N–C) groups is 1. The molecule has 0 atom stereocenters. The number of azo groups is 1. The molecule has 3 nitrogen and oxygen atoms in total. The molecule has 0 aliphatic rings. The molecule has 0 bridgehead atoms. The van der Waals surface area contributed by atoms with Gasteiger partial charge in [-0.15, -0.1) is 0 Å². The summed E-state index contributed by atoms with van der Waals surface area (Å²) in [5.74, 6) is 0. The molecule has 0 aliphatic heterocycles. The Morgan fingerprint density at radius 1 is 1.22 bits per heavy atom. The molecule has 0 amide bonds. The summed E-state index contributed by atoms with van der Waals surface area (Å²) < 4.78 is 0. The first-order valence-corrected chi connectivity index (χ1v) is 1.54. The molecule has 0 aromatic carbocycles. The van der Waals surface area contributed by atoms with Crippen LogP contribution in [-0.4, -0.2) is 20.4 Å². The molecule has 0 aliphatic carbocycles. The molecule has 0 spiro atoms. The molecule has 0 N–H and O–H groups in total. The second kappa shape index (κ2) is 22.8. The van der Waals surface area contributed by atoms with E-state index >= 15 is 0 Å². The third-order valence-corrected chi connectivity index (χ3v) is 0.286. The Bertz CT molecular complexity index is 65.3. The third kappa shape index (κ3) is 26.7. The summed E-state index contributed by atoms with van der Waals surface area (Å²) in [7, 11) is 1.57. The van der Waals surface area contributed by atoms with Crippen LogP contribution in [0.15, 0.2) is 15.2 Å². The zero-order valence-corrected chi connectivity index (χ0v) is 13.7. The van der Waals surface area contributed by atoms with Gasteiger partial charge in [0.05, 0.1) is 0 Å². The average Bonchev–Trinajstić information content (AvgIpc) is 1.61. The van der Waals surface area contributed by atoms with Gasteiger partial charge in [-0.05, 0) is 0 Å². The predicted octanol–water partition coefficient (Wildman–Crippen LogP) is 0.596. The minimum absolute atomic E-state index is 0. The normalized spacial score (nSPS) is 6.33. The van der Waals surface area contributed by atoms with Gasteiger partial charge in [-0.2, -0.15) is 10.2 Å². The molecule has 0 aromatic heterocycles. The quantitative estimate of drug-likeness (QED) is 0.242. The van der Waals surface area contributed by atoms with Gasteiger partial charge in [-0.1, -0.05) is 0 Å². The van der Waals surface area contributed by atoms with Crippen molar-refractivity contribution in [2.45, 2.75) is 0 Å². The van der Waals surface area contributed by atoms with Crippen LogP contribution in [0.5, 0.6) is 0 Å². The van der Waals surface area contributed by atoms with Gasteiger partial charge >= 0.3 is 0 Å². The van der Waals surface area contributed by atoms with Gasteiger partial charge in [0.1, 0.15) is 6.67 Å². The molecular weight excluding hydrogens is 630 g/mol. The van der Waals surface area contributed by atoms with Gasteiger partial charge in [0.2, 0.25) is 0 Å². The summed E-state index contributed by atoms with van der Waals surface area (Å²) in [6, 6.07) is 0. The molecular formula is C3H6N3W3-. The molecule has 0 fully saturated rings. The van der Waals surface area contributed by atoms with Crippen LogP contribution in [0, 0.1) is 0 Å². The zero-order valence-electron chi connectivity index (χ0n) is 4.85. The summed E-state index contributed by atoms with van der Waals surface area (Å²) in [6.07, 6.45) is 0. The second-order valence-electron chi connectivity index (χ2n) is 0.665. The molecule has 0 unspecified atom stereocenters. The van der Waals surface area contributed by atoms with Crippen molar-refractivity contribution in [3.63, 3.8) is 0 Å². The summed E-state index contributed by atoms with van der Waals surface area (Å²) in [5.41, 5.74) is 0. The van der Waals surface area contributed by atoms with Gasteiger partial charge in [0.15, 0.2) is 0 Å².